The fraction of sp³-hybridized carbons (Fsp3) is 0. The fourth-order valence-corrected chi connectivity index (χ4v) is 0.579. The molecule has 0 atom stereocenters. The van der Waals surface area contributed by atoms with Crippen LogP contribution in [0.4, 0.5) is 16.4 Å². The van der Waals surface area contributed by atoms with E-state index in [9.17, 15) is 14.9 Å². The molecular formula is C4H4N4O4. The molecule has 8 nitrogen and oxygen atoms in total. The maximum Gasteiger partial charge on any atom is 0.410 e. The van der Waals surface area contributed by atoms with E-state index in [1.54, 1.807) is 0 Å². The van der Waals surface area contributed by atoms with Gasteiger partial charge in [-0.25, -0.2) is 4.79 Å². The molecule has 0 bridgehead atoms. The van der Waals surface area contributed by atoms with Crippen LogP contribution in [0, 0.1) is 10.1 Å². The average molecular weight is 172 g/mol. The third-order valence-electron chi connectivity index (χ3n) is 0.996. The van der Waals surface area contributed by atoms with Crippen LogP contribution in [0.15, 0.2) is 6.07 Å². The molecule has 0 saturated carbocycles. The number of anilines is 1. The van der Waals surface area contributed by atoms with Crippen molar-refractivity contribution in [1.29, 1.82) is 0 Å². The van der Waals surface area contributed by atoms with E-state index >= 15 is 0 Å². The summed E-state index contributed by atoms with van der Waals surface area (Å²) in [5, 5.41) is 25.4. The highest BCUT2D eigenvalue weighted by Crippen LogP contribution is 2.11. The number of amides is 1. The number of nitrogens with zero attached hydrogens (tertiary/aromatic N) is 2. The van der Waals surface area contributed by atoms with Crippen LogP contribution >= 0.6 is 0 Å². The standard InChI is InChI=1S/C4H4N4O4/c9-4(10)5-2-1-3(7-6-2)8(11)12/h1H,(H,9,10)(H2,5,6,7). The first-order chi connectivity index (χ1) is 5.59. The SMILES string of the molecule is O=C(O)Nc1cc([N+](=O)[O-])[nH]n1. The summed E-state index contributed by atoms with van der Waals surface area (Å²) in [6.45, 7) is 0. The molecule has 0 saturated heterocycles. The number of carboxylic acid groups (broad SMARTS) is 1. The third kappa shape index (κ3) is 1.68. The normalized spacial score (nSPS) is 9.33. The van der Waals surface area contributed by atoms with Crippen molar-refractivity contribution in [2.45, 2.75) is 0 Å². The minimum Gasteiger partial charge on any atom is -0.465 e. The van der Waals surface area contributed by atoms with Crippen molar-refractivity contribution in [3.63, 3.8) is 0 Å². The highest BCUT2D eigenvalue weighted by atomic mass is 16.6. The van der Waals surface area contributed by atoms with Crippen molar-refractivity contribution in [2.24, 2.45) is 0 Å². The van der Waals surface area contributed by atoms with E-state index < -0.39 is 11.0 Å². The number of H-pyrrole nitrogens is 1. The second-order valence-corrected chi connectivity index (χ2v) is 1.83. The molecule has 64 valence electrons. The molecule has 1 rings (SSSR count). The monoisotopic (exact) mass is 172 g/mol. The second-order valence-electron chi connectivity index (χ2n) is 1.83. The van der Waals surface area contributed by atoms with Gasteiger partial charge in [0.1, 0.15) is 0 Å². The Morgan fingerprint density at radius 3 is 2.92 bits per heavy atom. The molecule has 0 fully saturated rings. The molecule has 0 unspecified atom stereocenters. The number of aromatic nitrogens is 2. The van der Waals surface area contributed by atoms with Crippen molar-refractivity contribution in [3.05, 3.63) is 16.2 Å². The molecule has 0 aliphatic carbocycles. The highest BCUT2D eigenvalue weighted by molar-refractivity contribution is 5.81. The molecular weight excluding hydrogens is 168 g/mol. The third-order valence-corrected chi connectivity index (χ3v) is 0.996. The summed E-state index contributed by atoms with van der Waals surface area (Å²) in [6, 6.07) is 0.980. The summed E-state index contributed by atoms with van der Waals surface area (Å²) >= 11 is 0. The Bertz CT molecular complexity index is 319. The van der Waals surface area contributed by atoms with Crippen LogP contribution in [-0.2, 0) is 0 Å². The Morgan fingerprint density at radius 2 is 2.50 bits per heavy atom. The van der Waals surface area contributed by atoms with Crippen LogP contribution in [0.1, 0.15) is 0 Å². The summed E-state index contributed by atoms with van der Waals surface area (Å²) in [5.74, 6) is -0.465. The van der Waals surface area contributed by atoms with Gasteiger partial charge in [0, 0.05) is 0 Å². The smallest absolute Gasteiger partial charge is 0.410 e. The lowest BCUT2D eigenvalue weighted by atomic mass is 10.6. The first-order valence-electron chi connectivity index (χ1n) is 2.79. The lowest BCUT2D eigenvalue weighted by Crippen LogP contribution is -2.07. The van der Waals surface area contributed by atoms with Crippen molar-refractivity contribution in [3.8, 4) is 0 Å². The summed E-state index contributed by atoms with van der Waals surface area (Å²) in [5.41, 5.74) is 0. The van der Waals surface area contributed by atoms with Gasteiger partial charge in [0.2, 0.25) is 0 Å². The molecule has 1 amide bonds. The van der Waals surface area contributed by atoms with Gasteiger partial charge < -0.3 is 15.2 Å². The Hall–Kier alpha value is -2.12. The van der Waals surface area contributed by atoms with Crippen molar-refractivity contribution in [2.75, 3.05) is 5.32 Å². The lowest BCUT2D eigenvalue weighted by Gasteiger charge is -1.88. The largest absolute Gasteiger partial charge is 0.465 e. The van der Waals surface area contributed by atoms with Crippen LogP contribution in [0.5, 0.6) is 0 Å². The van der Waals surface area contributed by atoms with Gasteiger partial charge in [-0.3, -0.25) is 5.32 Å². The van der Waals surface area contributed by atoms with Crippen LogP contribution in [0.3, 0.4) is 0 Å². The van der Waals surface area contributed by atoms with Gasteiger partial charge in [-0.15, -0.1) is 5.10 Å². The average Bonchev–Trinajstić information content (AvgIpc) is 2.34. The predicted molar refractivity (Wildman–Crippen MR) is 36.9 cm³/mol. The molecule has 0 spiro atoms. The number of aromatic amines is 1. The minimum atomic E-state index is -1.32. The molecule has 0 aromatic carbocycles. The summed E-state index contributed by atoms with van der Waals surface area (Å²) in [7, 11) is 0. The summed E-state index contributed by atoms with van der Waals surface area (Å²) < 4.78 is 0. The number of hydrogen-bond donors (Lipinski definition) is 3. The van der Waals surface area contributed by atoms with Crippen LogP contribution in [-0.4, -0.2) is 26.3 Å². The van der Waals surface area contributed by atoms with E-state index in [1.165, 1.54) is 0 Å². The first-order valence-corrected chi connectivity index (χ1v) is 2.79. The topological polar surface area (TPSA) is 121 Å². The van der Waals surface area contributed by atoms with Crippen molar-refractivity contribution < 1.29 is 14.8 Å². The zero-order chi connectivity index (χ0) is 9.14. The predicted octanol–water partition coefficient (Wildman–Crippen LogP) is 0.408. The quantitative estimate of drug-likeness (QED) is 0.440. The minimum absolute atomic E-state index is 0.103. The van der Waals surface area contributed by atoms with Crippen molar-refractivity contribution >= 4 is 17.7 Å². The van der Waals surface area contributed by atoms with E-state index in [1.807, 2.05) is 10.4 Å². The number of hydrogen-bond acceptors (Lipinski definition) is 4. The maximum atomic E-state index is 10.1. The lowest BCUT2D eigenvalue weighted by molar-refractivity contribution is -0.389. The number of carbonyl (C=O) groups is 1. The van der Waals surface area contributed by atoms with Gasteiger partial charge in [-0.1, -0.05) is 5.10 Å². The maximum absolute atomic E-state index is 10.1. The Kier molecular flexibility index (Phi) is 1.90. The Labute approximate surface area is 65.4 Å². The van der Waals surface area contributed by atoms with Crippen molar-refractivity contribution in [1.82, 2.24) is 10.2 Å². The van der Waals surface area contributed by atoms with Crippen LogP contribution < -0.4 is 5.32 Å². The molecule has 12 heavy (non-hydrogen) atoms. The summed E-state index contributed by atoms with van der Waals surface area (Å²) in [4.78, 5) is 19.4. The van der Waals surface area contributed by atoms with E-state index in [0.29, 0.717) is 0 Å². The van der Waals surface area contributed by atoms with E-state index in [-0.39, 0.29) is 11.6 Å². The number of nitro groups is 1. The van der Waals surface area contributed by atoms with Gasteiger partial charge in [-0.2, -0.15) is 0 Å². The zero-order valence-electron chi connectivity index (χ0n) is 5.64. The van der Waals surface area contributed by atoms with Gasteiger partial charge in [0.05, 0.1) is 6.07 Å². The van der Waals surface area contributed by atoms with Gasteiger partial charge in [0.15, 0.2) is 5.82 Å². The molecule has 3 N–H and O–H groups in total. The first kappa shape index (κ1) is 7.98. The number of rotatable bonds is 2. The van der Waals surface area contributed by atoms with Gasteiger partial charge in [0.25, 0.3) is 0 Å². The molecule has 0 aliphatic heterocycles. The molecule has 1 heterocycles. The zero-order valence-corrected chi connectivity index (χ0v) is 5.64. The second kappa shape index (κ2) is 2.86. The van der Waals surface area contributed by atoms with E-state index in [4.69, 9.17) is 5.11 Å². The highest BCUT2D eigenvalue weighted by Gasteiger charge is 2.10. The van der Waals surface area contributed by atoms with Gasteiger partial charge >= 0.3 is 11.9 Å². The Balaban J connectivity index is 2.77. The molecule has 1 aromatic rings. The molecule has 0 radical (unpaired) electrons. The molecule has 0 aliphatic rings. The number of nitrogens with one attached hydrogen (secondary N) is 2. The summed E-state index contributed by atoms with van der Waals surface area (Å²) in [6.07, 6.45) is -1.32. The van der Waals surface area contributed by atoms with Gasteiger partial charge in [-0.05, 0) is 4.92 Å². The fourth-order valence-electron chi connectivity index (χ4n) is 0.579. The van der Waals surface area contributed by atoms with E-state index in [2.05, 4.69) is 5.10 Å². The van der Waals surface area contributed by atoms with Crippen LogP contribution in [0.25, 0.3) is 0 Å². The Morgan fingerprint density at radius 1 is 1.83 bits per heavy atom. The van der Waals surface area contributed by atoms with E-state index in [0.717, 1.165) is 6.07 Å². The van der Waals surface area contributed by atoms with Crippen LogP contribution in [0.2, 0.25) is 0 Å². The molecule has 1 aromatic heterocycles. The molecule has 8 heteroatoms.